The summed E-state index contributed by atoms with van der Waals surface area (Å²) >= 11 is 0. The molecule has 208 valence electrons. The lowest BCUT2D eigenvalue weighted by molar-refractivity contribution is -0.139. The Kier molecular flexibility index (Phi) is 10.6. The van der Waals surface area contributed by atoms with Gasteiger partial charge in [0.25, 0.3) is 0 Å². The molecule has 0 spiro atoms. The molecule has 3 rings (SSSR count). The van der Waals surface area contributed by atoms with Gasteiger partial charge in [-0.05, 0) is 64.1 Å². The molecule has 2 aromatic rings. The molecule has 0 fully saturated rings. The summed E-state index contributed by atoms with van der Waals surface area (Å²) in [6.45, 7) is 7.16. The van der Waals surface area contributed by atoms with Gasteiger partial charge in [0.05, 0.1) is 71.5 Å². The Morgan fingerprint density at radius 2 is 0.850 bits per heavy atom. The summed E-state index contributed by atoms with van der Waals surface area (Å²) < 4.78 is 20.8. The van der Waals surface area contributed by atoms with E-state index >= 15 is 0 Å². The molecule has 10 heteroatoms. The maximum atomic E-state index is 13.0. The van der Waals surface area contributed by atoms with Crippen LogP contribution in [-0.2, 0) is 28.5 Å². The number of carbonyl (C=O) groups excluding carboxylic acids is 4. The molecular formula is C30H30N2O8. The quantitative estimate of drug-likeness (QED) is 0.234. The summed E-state index contributed by atoms with van der Waals surface area (Å²) in [7, 11) is 0. The third kappa shape index (κ3) is 7.16. The summed E-state index contributed by atoms with van der Waals surface area (Å²) in [5, 5.41) is 0. The van der Waals surface area contributed by atoms with Gasteiger partial charge in [0.2, 0.25) is 0 Å². The van der Waals surface area contributed by atoms with Gasteiger partial charge >= 0.3 is 23.9 Å². The van der Waals surface area contributed by atoms with Crippen LogP contribution in [0.4, 0.5) is 11.4 Å². The van der Waals surface area contributed by atoms with Gasteiger partial charge in [0.15, 0.2) is 0 Å². The van der Waals surface area contributed by atoms with E-state index in [0.29, 0.717) is 0 Å². The zero-order valence-electron chi connectivity index (χ0n) is 22.8. The summed E-state index contributed by atoms with van der Waals surface area (Å²) in [6, 6.07) is 12.9. The van der Waals surface area contributed by atoms with Crippen LogP contribution < -0.4 is 0 Å². The van der Waals surface area contributed by atoms with Crippen molar-refractivity contribution in [3.05, 3.63) is 83.0 Å². The fraction of sp³-hybridized carbons (Fsp3) is 0.267. The van der Waals surface area contributed by atoms with Crippen molar-refractivity contribution in [3.8, 4) is 0 Å². The van der Waals surface area contributed by atoms with E-state index in [1.807, 2.05) is 0 Å². The Balaban J connectivity index is 2.25. The zero-order chi connectivity index (χ0) is 29.1. The van der Waals surface area contributed by atoms with E-state index < -0.39 is 23.9 Å². The van der Waals surface area contributed by atoms with Gasteiger partial charge in [-0.15, -0.1) is 0 Å². The second-order valence-corrected chi connectivity index (χ2v) is 8.03. The number of carbonyl (C=O) groups is 4. The van der Waals surface area contributed by atoms with Crippen LogP contribution in [0.5, 0.6) is 0 Å². The van der Waals surface area contributed by atoms with Crippen LogP contribution in [0.1, 0.15) is 48.4 Å². The topological polar surface area (TPSA) is 130 Å². The van der Waals surface area contributed by atoms with E-state index in [9.17, 15) is 19.2 Å². The maximum Gasteiger partial charge on any atom is 0.340 e. The number of rotatable bonds is 10. The Labute approximate surface area is 232 Å². The van der Waals surface area contributed by atoms with Crippen molar-refractivity contribution in [2.75, 3.05) is 26.4 Å². The number of esters is 4. The molecule has 0 saturated carbocycles. The number of hydrogen-bond donors (Lipinski definition) is 0. The summed E-state index contributed by atoms with van der Waals surface area (Å²) in [5.74, 6) is -2.62. The average Bonchev–Trinajstić information content (AvgIpc) is 2.94. The molecule has 1 aliphatic rings. The lowest BCUT2D eigenvalue weighted by Gasteiger charge is -2.17. The van der Waals surface area contributed by atoms with E-state index in [-0.39, 0.29) is 71.5 Å². The molecule has 40 heavy (non-hydrogen) atoms. The Hall–Kier alpha value is -4.86. The van der Waals surface area contributed by atoms with E-state index in [1.165, 1.54) is 12.2 Å². The van der Waals surface area contributed by atoms with Gasteiger partial charge in [-0.1, -0.05) is 24.3 Å². The molecular weight excluding hydrogens is 516 g/mol. The highest BCUT2D eigenvalue weighted by Crippen LogP contribution is 2.27. The molecule has 2 aromatic carbocycles. The minimum atomic E-state index is -0.722. The van der Waals surface area contributed by atoms with Crippen LogP contribution in [-0.4, -0.2) is 61.7 Å². The molecule has 0 radical (unpaired) electrons. The smallest absolute Gasteiger partial charge is 0.340 e. The first-order valence-corrected chi connectivity index (χ1v) is 12.8. The highest BCUT2D eigenvalue weighted by Gasteiger charge is 2.29. The highest BCUT2D eigenvalue weighted by molar-refractivity contribution is 6.39. The van der Waals surface area contributed by atoms with Gasteiger partial charge in [-0.2, -0.15) is 0 Å². The van der Waals surface area contributed by atoms with Crippen molar-refractivity contribution in [3.63, 3.8) is 0 Å². The van der Waals surface area contributed by atoms with E-state index in [1.54, 1.807) is 76.2 Å². The van der Waals surface area contributed by atoms with Crippen LogP contribution in [0.15, 0.2) is 81.8 Å². The van der Waals surface area contributed by atoms with Crippen LogP contribution >= 0.6 is 0 Å². The number of para-hydroxylation sites is 2. The predicted octanol–water partition coefficient (Wildman–Crippen LogP) is 4.88. The van der Waals surface area contributed by atoms with Crippen LogP contribution in [0.2, 0.25) is 0 Å². The van der Waals surface area contributed by atoms with Crippen molar-refractivity contribution in [2.24, 2.45) is 9.98 Å². The SMILES string of the molecule is CCOC(=O)C1=CC(=Nc2ccccc2C(=O)OCC)C(C(=O)OCC)=CC1=Nc1ccccc1C(=O)OCC. The lowest BCUT2D eigenvalue weighted by atomic mass is 9.95. The molecule has 10 nitrogen and oxygen atoms in total. The Morgan fingerprint density at radius 1 is 0.525 bits per heavy atom. The average molecular weight is 547 g/mol. The van der Waals surface area contributed by atoms with Crippen LogP contribution in [0.3, 0.4) is 0 Å². The fourth-order valence-corrected chi connectivity index (χ4v) is 3.67. The van der Waals surface area contributed by atoms with Gasteiger partial charge in [-0.3, -0.25) is 0 Å². The Bertz CT molecular complexity index is 1310. The van der Waals surface area contributed by atoms with Gasteiger partial charge < -0.3 is 18.9 Å². The molecule has 0 aliphatic heterocycles. The third-order valence-corrected chi connectivity index (χ3v) is 5.39. The van der Waals surface area contributed by atoms with Crippen LogP contribution in [0, 0.1) is 0 Å². The zero-order valence-corrected chi connectivity index (χ0v) is 22.8. The summed E-state index contributed by atoms with van der Waals surface area (Å²) in [4.78, 5) is 60.2. The number of hydrogen-bond acceptors (Lipinski definition) is 10. The molecule has 0 bridgehead atoms. The minimum Gasteiger partial charge on any atom is -0.462 e. The fourth-order valence-electron chi connectivity index (χ4n) is 3.67. The maximum absolute atomic E-state index is 13.0. The number of ether oxygens (including phenoxy) is 4. The lowest BCUT2D eigenvalue weighted by Crippen LogP contribution is -2.25. The molecule has 0 aromatic heterocycles. The third-order valence-electron chi connectivity index (χ3n) is 5.39. The number of allylic oxidation sites excluding steroid dienone is 2. The molecule has 0 amide bonds. The van der Waals surface area contributed by atoms with Crippen molar-refractivity contribution in [1.82, 2.24) is 0 Å². The molecule has 0 heterocycles. The first-order valence-electron chi connectivity index (χ1n) is 12.8. The van der Waals surface area contributed by atoms with Crippen molar-refractivity contribution in [2.45, 2.75) is 27.7 Å². The van der Waals surface area contributed by atoms with E-state index in [4.69, 9.17) is 18.9 Å². The first-order chi connectivity index (χ1) is 19.3. The van der Waals surface area contributed by atoms with Crippen LogP contribution in [0.25, 0.3) is 0 Å². The molecule has 1 aliphatic carbocycles. The number of aliphatic imine (C=N–C) groups is 2. The second kappa shape index (κ2) is 14.3. The predicted molar refractivity (Wildman–Crippen MR) is 148 cm³/mol. The standard InChI is InChI=1S/C30H30N2O8/c1-5-37-27(33)19-13-9-11-15-23(19)31-25-17-22(30(36)40-8-4)26(18-21(25)29(35)39-7-3)32-24-16-12-10-14-20(24)28(34)38-6-2/h9-18H,5-8H2,1-4H3. The Morgan fingerprint density at radius 3 is 1.20 bits per heavy atom. The van der Waals surface area contributed by atoms with E-state index in [0.717, 1.165) is 0 Å². The van der Waals surface area contributed by atoms with Crippen molar-refractivity contribution >= 4 is 46.7 Å². The van der Waals surface area contributed by atoms with Gasteiger partial charge in [0.1, 0.15) is 0 Å². The number of nitrogens with zero attached hydrogens (tertiary/aromatic N) is 2. The minimum absolute atomic E-state index is 0.0130. The molecule has 0 saturated heterocycles. The van der Waals surface area contributed by atoms with Crippen molar-refractivity contribution in [1.29, 1.82) is 0 Å². The summed E-state index contributed by atoms with van der Waals surface area (Å²) in [5.41, 5.74) is 0.869. The first kappa shape index (κ1) is 29.7. The molecule has 0 atom stereocenters. The largest absolute Gasteiger partial charge is 0.462 e. The summed E-state index contributed by atoms with van der Waals surface area (Å²) in [6.07, 6.45) is 2.69. The molecule has 0 unspecified atom stereocenters. The van der Waals surface area contributed by atoms with E-state index in [2.05, 4.69) is 9.98 Å². The molecule has 0 N–H and O–H groups in total. The normalized spacial score (nSPS) is 14.7. The highest BCUT2D eigenvalue weighted by atomic mass is 16.5. The van der Waals surface area contributed by atoms with Gasteiger partial charge in [-0.25, -0.2) is 29.2 Å². The monoisotopic (exact) mass is 546 g/mol. The van der Waals surface area contributed by atoms with Crippen molar-refractivity contribution < 1.29 is 38.1 Å². The second-order valence-electron chi connectivity index (χ2n) is 8.03. The number of benzene rings is 2. The van der Waals surface area contributed by atoms with Gasteiger partial charge in [0, 0.05) is 0 Å².